The minimum absolute atomic E-state index is 0.0759. The van der Waals surface area contributed by atoms with Crippen LogP contribution in [0.2, 0.25) is 10.0 Å². The summed E-state index contributed by atoms with van der Waals surface area (Å²) < 4.78 is 41.8. The third-order valence-corrected chi connectivity index (χ3v) is 2.45. The molecule has 0 heterocycles. The number of esters is 1. The first kappa shape index (κ1) is 14.1. The molecule has 0 radical (unpaired) electrons. The van der Waals surface area contributed by atoms with Crippen molar-refractivity contribution in [3.05, 3.63) is 33.3 Å². The Labute approximate surface area is 105 Å². The number of ether oxygens (including phenoxy) is 1. The summed E-state index contributed by atoms with van der Waals surface area (Å²) >= 11 is 11.2. The molecular weight excluding hydrogens is 280 g/mol. The van der Waals surface area contributed by atoms with Crippen LogP contribution in [0.3, 0.4) is 0 Å². The van der Waals surface area contributed by atoms with Crippen LogP contribution in [0.5, 0.6) is 0 Å². The van der Waals surface area contributed by atoms with E-state index in [9.17, 15) is 18.0 Å². The van der Waals surface area contributed by atoms with Crippen LogP contribution in [0, 0.1) is 0 Å². The highest BCUT2D eigenvalue weighted by atomic mass is 35.5. The molecule has 1 aromatic rings. The summed E-state index contributed by atoms with van der Waals surface area (Å²) in [5.41, 5.74) is -1.27. The molecule has 0 aliphatic rings. The molecule has 0 aliphatic carbocycles. The molecule has 0 unspecified atom stereocenters. The predicted molar refractivity (Wildman–Crippen MR) is 57.4 cm³/mol. The van der Waals surface area contributed by atoms with Crippen molar-refractivity contribution in [1.29, 1.82) is 0 Å². The van der Waals surface area contributed by atoms with Crippen LogP contribution < -0.4 is 0 Å². The van der Waals surface area contributed by atoms with Gasteiger partial charge in [0.1, 0.15) is 0 Å². The van der Waals surface area contributed by atoms with Crippen LogP contribution in [0.25, 0.3) is 0 Å². The molecule has 0 aromatic heterocycles. The monoisotopic (exact) mass is 286 g/mol. The van der Waals surface area contributed by atoms with Gasteiger partial charge in [-0.2, -0.15) is 13.2 Å². The number of halogens is 5. The zero-order valence-electron chi connectivity index (χ0n) is 8.57. The van der Waals surface area contributed by atoms with Gasteiger partial charge in [0.2, 0.25) is 0 Å². The van der Waals surface area contributed by atoms with Crippen molar-refractivity contribution < 1.29 is 22.7 Å². The van der Waals surface area contributed by atoms with Crippen LogP contribution in [0.15, 0.2) is 12.1 Å². The SMILES string of the molecule is CCOC(=O)c1c(Cl)cc(C(F)(F)F)cc1Cl. The lowest BCUT2D eigenvalue weighted by Gasteiger charge is -2.11. The van der Waals surface area contributed by atoms with Crippen molar-refractivity contribution in [3.63, 3.8) is 0 Å². The van der Waals surface area contributed by atoms with Crippen molar-refractivity contribution in [2.75, 3.05) is 6.61 Å². The van der Waals surface area contributed by atoms with E-state index >= 15 is 0 Å². The summed E-state index contributed by atoms with van der Waals surface area (Å²) in [5.74, 6) is -0.851. The maximum atomic E-state index is 12.4. The molecule has 0 saturated carbocycles. The van der Waals surface area contributed by atoms with Crippen LogP contribution in [-0.4, -0.2) is 12.6 Å². The topological polar surface area (TPSA) is 26.3 Å². The normalized spacial score (nSPS) is 11.4. The molecule has 94 valence electrons. The first-order valence-corrected chi connectivity index (χ1v) is 5.26. The van der Waals surface area contributed by atoms with Gasteiger partial charge in [0.15, 0.2) is 0 Å². The fourth-order valence-corrected chi connectivity index (χ4v) is 1.78. The van der Waals surface area contributed by atoms with Gasteiger partial charge >= 0.3 is 12.1 Å². The van der Waals surface area contributed by atoms with Crippen LogP contribution in [0.1, 0.15) is 22.8 Å². The Morgan fingerprint density at radius 3 is 2.12 bits per heavy atom. The van der Waals surface area contributed by atoms with E-state index in [1.165, 1.54) is 0 Å². The molecular formula is C10H7Cl2F3O2. The van der Waals surface area contributed by atoms with Crippen LogP contribution in [-0.2, 0) is 10.9 Å². The summed E-state index contributed by atoms with van der Waals surface area (Å²) in [6, 6.07) is 1.28. The molecule has 0 spiro atoms. The fraction of sp³-hybridized carbons (Fsp3) is 0.300. The predicted octanol–water partition coefficient (Wildman–Crippen LogP) is 4.19. The summed E-state index contributed by atoms with van der Waals surface area (Å²) in [4.78, 5) is 11.4. The molecule has 0 fully saturated rings. The highest BCUT2D eigenvalue weighted by Crippen LogP contribution is 2.36. The fourth-order valence-electron chi connectivity index (χ4n) is 1.14. The Hall–Kier alpha value is -0.940. The van der Waals surface area contributed by atoms with Gasteiger partial charge in [-0.1, -0.05) is 23.2 Å². The second-order valence-corrected chi connectivity index (χ2v) is 3.85. The molecule has 0 atom stereocenters. The zero-order chi connectivity index (χ0) is 13.2. The summed E-state index contributed by atoms with van der Waals surface area (Å²) in [5, 5.41) is -0.772. The third-order valence-electron chi connectivity index (χ3n) is 1.85. The maximum Gasteiger partial charge on any atom is 0.416 e. The number of benzene rings is 1. The summed E-state index contributed by atoms with van der Waals surface area (Å²) in [7, 11) is 0. The lowest BCUT2D eigenvalue weighted by Crippen LogP contribution is -2.10. The molecule has 17 heavy (non-hydrogen) atoms. The third kappa shape index (κ3) is 3.26. The Balaban J connectivity index is 3.25. The second-order valence-electron chi connectivity index (χ2n) is 3.03. The Bertz CT molecular complexity index is 421. The molecule has 2 nitrogen and oxygen atoms in total. The number of hydrogen-bond acceptors (Lipinski definition) is 2. The molecule has 0 N–H and O–H groups in total. The molecule has 0 amide bonds. The Morgan fingerprint density at radius 1 is 1.29 bits per heavy atom. The first-order chi connectivity index (χ1) is 7.77. The van der Waals surface area contributed by atoms with E-state index in [0.29, 0.717) is 12.1 Å². The van der Waals surface area contributed by atoms with E-state index in [1.807, 2.05) is 0 Å². The summed E-state index contributed by atoms with van der Waals surface area (Å²) in [6.45, 7) is 1.64. The van der Waals surface area contributed by atoms with Gasteiger partial charge in [-0.3, -0.25) is 0 Å². The van der Waals surface area contributed by atoms with E-state index in [4.69, 9.17) is 23.2 Å². The van der Waals surface area contributed by atoms with Gasteiger partial charge in [0, 0.05) is 0 Å². The van der Waals surface area contributed by atoms with Crippen molar-refractivity contribution in [2.45, 2.75) is 13.1 Å². The minimum Gasteiger partial charge on any atom is -0.462 e. The average molecular weight is 287 g/mol. The molecule has 0 bridgehead atoms. The lowest BCUT2D eigenvalue weighted by molar-refractivity contribution is -0.137. The largest absolute Gasteiger partial charge is 0.462 e. The first-order valence-electron chi connectivity index (χ1n) is 4.50. The van der Waals surface area contributed by atoms with Crippen molar-refractivity contribution >= 4 is 29.2 Å². The zero-order valence-corrected chi connectivity index (χ0v) is 10.1. The van der Waals surface area contributed by atoms with E-state index < -0.39 is 17.7 Å². The van der Waals surface area contributed by atoms with Gasteiger partial charge in [-0.25, -0.2) is 4.79 Å². The smallest absolute Gasteiger partial charge is 0.416 e. The standard InChI is InChI=1S/C10H7Cl2F3O2/c1-2-17-9(16)8-6(11)3-5(4-7(8)12)10(13,14)15/h3-4H,2H2,1H3. The second kappa shape index (κ2) is 5.14. The van der Waals surface area contributed by atoms with Gasteiger partial charge < -0.3 is 4.74 Å². The highest BCUT2D eigenvalue weighted by molar-refractivity contribution is 6.39. The van der Waals surface area contributed by atoms with Crippen molar-refractivity contribution in [2.24, 2.45) is 0 Å². The van der Waals surface area contributed by atoms with Crippen LogP contribution in [0.4, 0.5) is 13.2 Å². The molecule has 7 heteroatoms. The van der Waals surface area contributed by atoms with Crippen LogP contribution >= 0.6 is 23.2 Å². The lowest BCUT2D eigenvalue weighted by atomic mass is 10.1. The number of carbonyl (C=O) groups is 1. The van der Waals surface area contributed by atoms with E-state index in [0.717, 1.165) is 0 Å². The number of carbonyl (C=O) groups excluding carboxylic acids is 1. The Morgan fingerprint density at radius 2 is 1.76 bits per heavy atom. The average Bonchev–Trinajstić information content (AvgIpc) is 2.15. The van der Waals surface area contributed by atoms with Crippen molar-refractivity contribution in [3.8, 4) is 0 Å². The van der Waals surface area contributed by atoms with E-state index in [2.05, 4.69) is 4.74 Å². The molecule has 0 saturated heterocycles. The van der Waals surface area contributed by atoms with Gasteiger partial charge in [0.25, 0.3) is 0 Å². The highest BCUT2D eigenvalue weighted by Gasteiger charge is 2.32. The Kier molecular flexibility index (Phi) is 4.27. The molecule has 0 aliphatic heterocycles. The molecule has 1 rings (SSSR count). The number of alkyl halides is 3. The van der Waals surface area contributed by atoms with Gasteiger partial charge in [0.05, 0.1) is 27.8 Å². The molecule has 1 aromatic carbocycles. The summed E-state index contributed by atoms with van der Waals surface area (Å²) in [6.07, 6.45) is -4.57. The van der Waals surface area contributed by atoms with E-state index in [1.54, 1.807) is 6.92 Å². The number of rotatable bonds is 2. The van der Waals surface area contributed by atoms with Gasteiger partial charge in [-0.05, 0) is 19.1 Å². The van der Waals surface area contributed by atoms with Crippen molar-refractivity contribution in [1.82, 2.24) is 0 Å². The maximum absolute atomic E-state index is 12.4. The van der Waals surface area contributed by atoms with Gasteiger partial charge in [-0.15, -0.1) is 0 Å². The van der Waals surface area contributed by atoms with E-state index in [-0.39, 0.29) is 22.2 Å². The number of hydrogen-bond donors (Lipinski definition) is 0. The quantitative estimate of drug-likeness (QED) is 0.762. The minimum atomic E-state index is -4.57.